The smallest absolute Gasteiger partial charge is 0.0214 e. The predicted octanol–water partition coefficient (Wildman–Crippen LogP) is 0.646. The molecule has 1 heterocycles. The first-order chi connectivity index (χ1) is 5.74. The Morgan fingerprint density at radius 1 is 1.50 bits per heavy atom. The molecule has 1 fully saturated rings. The predicted molar refractivity (Wildman–Crippen MR) is 52.0 cm³/mol. The fourth-order valence-electron chi connectivity index (χ4n) is 1.72. The molecule has 2 heteroatoms. The van der Waals surface area contributed by atoms with Crippen molar-refractivity contribution in [2.45, 2.75) is 19.4 Å². The van der Waals surface area contributed by atoms with Gasteiger partial charge in [0.05, 0.1) is 0 Å². The summed E-state index contributed by atoms with van der Waals surface area (Å²) in [5.41, 5.74) is 0. The van der Waals surface area contributed by atoms with Gasteiger partial charge in [-0.05, 0) is 14.0 Å². The first-order valence-corrected chi connectivity index (χ1v) is 4.60. The summed E-state index contributed by atoms with van der Waals surface area (Å²) in [5, 5.41) is 0. The van der Waals surface area contributed by atoms with Gasteiger partial charge in [0.2, 0.25) is 0 Å². The zero-order chi connectivity index (χ0) is 8.97. The van der Waals surface area contributed by atoms with E-state index < -0.39 is 0 Å². The molecule has 0 N–H and O–H groups in total. The molecule has 12 heavy (non-hydrogen) atoms. The zero-order valence-corrected chi connectivity index (χ0v) is 8.08. The Morgan fingerprint density at radius 3 is 2.83 bits per heavy atom. The van der Waals surface area contributed by atoms with Gasteiger partial charge in [-0.15, -0.1) is 12.3 Å². The molecule has 1 unspecified atom stereocenters. The van der Waals surface area contributed by atoms with E-state index in [0.29, 0.717) is 6.04 Å². The highest BCUT2D eigenvalue weighted by Crippen LogP contribution is 2.07. The van der Waals surface area contributed by atoms with Crippen molar-refractivity contribution >= 4 is 0 Å². The third kappa shape index (κ3) is 2.51. The monoisotopic (exact) mass is 166 g/mol. The van der Waals surface area contributed by atoms with Crippen LogP contribution in [0.3, 0.4) is 0 Å². The number of hydrogen-bond acceptors (Lipinski definition) is 2. The molecule has 0 aliphatic carbocycles. The molecule has 0 saturated carbocycles. The summed E-state index contributed by atoms with van der Waals surface area (Å²) in [5.74, 6) is 2.69. The molecule has 1 atom stereocenters. The minimum Gasteiger partial charge on any atom is -0.304 e. The summed E-state index contributed by atoms with van der Waals surface area (Å²) in [7, 11) is 2.18. The van der Waals surface area contributed by atoms with Crippen LogP contribution in [-0.4, -0.2) is 49.1 Å². The molecular weight excluding hydrogens is 148 g/mol. The Labute approximate surface area is 75.5 Å². The molecule has 0 amide bonds. The maximum absolute atomic E-state index is 5.23. The van der Waals surface area contributed by atoms with E-state index >= 15 is 0 Å². The molecule has 1 aliphatic rings. The zero-order valence-electron chi connectivity index (χ0n) is 8.08. The summed E-state index contributed by atoms with van der Waals surface area (Å²) in [4.78, 5) is 4.84. The Bertz CT molecular complexity index is 171. The second kappa shape index (κ2) is 4.49. The fourth-order valence-corrected chi connectivity index (χ4v) is 1.72. The topological polar surface area (TPSA) is 6.48 Å². The van der Waals surface area contributed by atoms with E-state index in [0.717, 1.165) is 13.0 Å². The van der Waals surface area contributed by atoms with Crippen molar-refractivity contribution in [3.63, 3.8) is 0 Å². The lowest BCUT2D eigenvalue weighted by Crippen LogP contribution is -2.50. The molecule has 1 rings (SSSR count). The van der Waals surface area contributed by atoms with Gasteiger partial charge in [-0.25, -0.2) is 0 Å². The van der Waals surface area contributed by atoms with Crippen LogP contribution in [0.4, 0.5) is 0 Å². The quantitative estimate of drug-likeness (QED) is 0.556. The van der Waals surface area contributed by atoms with E-state index in [4.69, 9.17) is 6.42 Å². The molecule has 0 aromatic heterocycles. The van der Waals surface area contributed by atoms with Gasteiger partial charge < -0.3 is 4.90 Å². The Kier molecular flexibility index (Phi) is 3.58. The van der Waals surface area contributed by atoms with Gasteiger partial charge in [0, 0.05) is 38.6 Å². The van der Waals surface area contributed by atoms with Crippen molar-refractivity contribution < 1.29 is 0 Å². The van der Waals surface area contributed by atoms with Crippen molar-refractivity contribution in [2.75, 3.05) is 33.2 Å². The highest BCUT2D eigenvalue weighted by molar-refractivity contribution is 4.87. The largest absolute Gasteiger partial charge is 0.304 e. The SMILES string of the molecule is C#CCCN1CCN(C)CC1C. The lowest BCUT2D eigenvalue weighted by molar-refractivity contribution is 0.103. The molecular formula is C10H18N2. The third-order valence-electron chi connectivity index (χ3n) is 2.51. The van der Waals surface area contributed by atoms with Crippen molar-refractivity contribution in [1.29, 1.82) is 0 Å². The summed E-state index contributed by atoms with van der Waals surface area (Å²) < 4.78 is 0. The highest BCUT2D eigenvalue weighted by atomic mass is 15.3. The van der Waals surface area contributed by atoms with Crippen LogP contribution < -0.4 is 0 Å². The molecule has 0 radical (unpaired) electrons. The number of rotatable bonds is 2. The summed E-state index contributed by atoms with van der Waals surface area (Å²) in [6.07, 6.45) is 6.11. The van der Waals surface area contributed by atoms with Crippen LogP contribution in [0.2, 0.25) is 0 Å². The first-order valence-electron chi connectivity index (χ1n) is 4.60. The number of terminal acetylenes is 1. The average Bonchev–Trinajstić information content (AvgIpc) is 2.03. The lowest BCUT2D eigenvalue weighted by Gasteiger charge is -2.37. The molecule has 68 valence electrons. The first kappa shape index (κ1) is 9.57. The van der Waals surface area contributed by atoms with Crippen LogP contribution in [0.1, 0.15) is 13.3 Å². The maximum atomic E-state index is 5.23. The second-order valence-corrected chi connectivity index (χ2v) is 3.60. The van der Waals surface area contributed by atoms with Crippen molar-refractivity contribution in [1.82, 2.24) is 9.80 Å². The van der Waals surface area contributed by atoms with E-state index in [2.05, 4.69) is 29.7 Å². The van der Waals surface area contributed by atoms with E-state index in [1.54, 1.807) is 0 Å². The van der Waals surface area contributed by atoms with Crippen LogP contribution in [0, 0.1) is 12.3 Å². The van der Waals surface area contributed by atoms with Gasteiger partial charge in [0.15, 0.2) is 0 Å². The minimum absolute atomic E-state index is 0.664. The third-order valence-corrected chi connectivity index (χ3v) is 2.51. The van der Waals surface area contributed by atoms with Gasteiger partial charge in [-0.1, -0.05) is 0 Å². The molecule has 1 aliphatic heterocycles. The number of hydrogen-bond donors (Lipinski definition) is 0. The molecule has 0 aromatic carbocycles. The van der Waals surface area contributed by atoms with Crippen LogP contribution in [0.25, 0.3) is 0 Å². The Balaban J connectivity index is 2.30. The van der Waals surface area contributed by atoms with Crippen LogP contribution in [0.5, 0.6) is 0 Å². The number of piperazine rings is 1. The minimum atomic E-state index is 0.664. The summed E-state index contributed by atoms with van der Waals surface area (Å²) in [6.45, 7) is 6.84. The van der Waals surface area contributed by atoms with Crippen LogP contribution in [0.15, 0.2) is 0 Å². The van der Waals surface area contributed by atoms with Crippen molar-refractivity contribution in [3.05, 3.63) is 0 Å². The van der Waals surface area contributed by atoms with E-state index in [9.17, 15) is 0 Å². The van der Waals surface area contributed by atoms with Gasteiger partial charge >= 0.3 is 0 Å². The van der Waals surface area contributed by atoms with Crippen LogP contribution in [-0.2, 0) is 0 Å². The number of nitrogens with zero attached hydrogens (tertiary/aromatic N) is 2. The maximum Gasteiger partial charge on any atom is 0.0214 e. The molecule has 0 spiro atoms. The van der Waals surface area contributed by atoms with Crippen molar-refractivity contribution in [2.24, 2.45) is 0 Å². The van der Waals surface area contributed by atoms with Gasteiger partial charge in [0.25, 0.3) is 0 Å². The Hall–Kier alpha value is -0.520. The average molecular weight is 166 g/mol. The molecule has 1 saturated heterocycles. The number of likely N-dealkylation sites (N-methyl/N-ethyl adjacent to an activating group) is 1. The Morgan fingerprint density at radius 2 is 2.25 bits per heavy atom. The van der Waals surface area contributed by atoms with Gasteiger partial charge in [-0.3, -0.25) is 4.90 Å². The molecule has 0 bridgehead atoms. The van der Waals surface area contributed by atoms with Crippen molar-refractivity contribution in [3.8, 4) is 12.3 Å². The van der Waals surface area contributed by atoms with Gasteiger partial charge in [-0.2, -0.15) is 0 Å². The second-order valence-electron chi connectivity index (χ2n) is 3.60. The van der Waals surface area contributed by atoms with Gasteiger partial charge in [0.1, 0.15) is 0 Å². The highest BCUT2D eigenvalue weighted by Gasteiger charge is 2.19. The summed E-state index contributed by atoms with van der Waals surface area (Å²) >= 11 is 0. The standard InChI is InChI=1S/C10H18N2/c1-4-5-6-12-8-7-11(3)9-10(12)2/h1,10H,5-9H2,2-3H3. The fraction of sp³-hybridized carbons (Fsp3) is 0.800. The normalized spacial score (nSPS) is 26.9. The molecule has 2 nitrogen and oxygen atoms in total. The van der Waals surface area contributed by atoms with Crippen LogP contribution >= 0.6 is 0 Å². The summed E-state index contributed by atoms with van der Waals surface area (Å²) in [6, 6.07) is 0.664. The molecule has 0 aromatic rings. The lowest BCUT2D eigenvalue weighted by atomic mass is 10.2. The van der Waals surface area contributed by atoms with E-state index in [1.165, 1.54) is 19.6 Å². The van der Waals surface area contributed by atoms with E-state index in [1.807, 2.05) is 0 Å². The van der Waals surface area contributed by atoms with E-state index in [-0.39, 0.29) is 0 Å².